The van der Waals surface area contributed by atoms with Crippen molar-refractivity contribution >= 4 is 11.9 Å². The number of hydrogen-bond acceptors (Lipinski definition) is 4. The molecule has 0 spiro atoms. The molecule has 0 aromatic heterocycles. The zero-order valence-corrected chi connectivity index (χ0v) is 8.64. The summed E-state index contributed by atoms with van der Waals surface area (Å²) >= 11 is 0. The van der Waals surface area contributed by atoms with E-state index in [-0.39, 0.29) is 19.4 Å². The fourth-order valence-electron chi connectivity index (χ4n) is 1.70. The second kappa shape index (κ2) is 4.80. The van der Waals surface area contributed by atoms with Gasteiger partial charge in [-0.05, 0) is 17.8 Å². The first-order chi connectivity index (χ1) is 7.50. The van der Waals surface area contributed by atoms with Gasteiger partial charge in [0.05, 0.1) is 18.4 Å². The highest BCUT2D eigenvalue weighted by Crippen LogP contribution is 2.26. The van der Waals surface area contributed by atoms with Gasteiger partial charge in [0.25, 0.3) is 0 Å². The van der Waals surface area contributed by atoms with Gasteiger partial charge in [-0.25, -0.2) is 0 Å². The minimum absolute atomic E-state index is 0.0305. The average molecular weight is 226 g/mol. The molecular formula is C10H14N2O4. The van der Waals surface area contributed by atoms with Gasteiger partial charge in [0, 0.05) is 6.54 Å². The molecule has 0 aromatic carbocycles. The Kier molecular flexibility index (Phi) is 3.68. The topological polar surface area (TPSA) is 113 Å². The maximum absolute atomic E-state index is 10.8. The van der Waals surface area contributed by atoms with Crippen LogP contribution in [0.5, 0.6) is 0 Å². The molecule has 16 heavy (non-hydrogen) atoms. The Labute approximate surface area is 92.4 Å². The summed E-state index contributed by atoms with van der Waals surface area (Å²) in [7, 11) is 0. The van der Waals surface area contributed by atoms with Gasteiger partial charge in [-0.2, -0.15) is 0 Å². The molecule has 6 heteroatoms. The SMILES string of the molecule is NCC1(CC(=O)O)NC=CC=C1CC(=O)O. The van der Waals surface area contributed by atoms with Crippen LogP contribution in [0, 0.1) is 0 Å². The molecule has 0 bridgehead atoms. The molecular weight excluding hydrogens is 212 g/mol. The molecule has 1 atom stereocenters. The molecule has 1 unspecified atom stereocenters. The molecule has 0 fully saturated rings. The number of allylic oxidation sites excluding steroid dienone is 2. The summed E-state index contributed by atoms with van der Waals surface area (Å²) in [6, 6.07) is 0. The van der Waals surface area contributed by atoms with E-state index in [0.717, 1.165) is 0 Å². The van der Waals surface area contributed by atoms with Crippen molar-refractivity contribution in [2.75, 3.05) is 6.54 Å². The van der Waals surface area contributed by atoms with E-state index in [1.807, 2.05) is 0 Å². The molecule has 1 rings (SSSR count). The van der Waals surface area contributed by atoms with Gasteiger partial charge >= 0.3 is 11.9 Å². The van der Waals surface area contributed by atoms with Gasteiger partial charge in [0.2, 0.25) is 0 Å². The molecule has 1 aliphatic heterocycles. The predicted molar refractivity (Wildman–Crippen MR) is 56.6 cm³/mol. The van der Waals surface area contributed by atoms with E-state index >= 15 is 0 Å². The Bertz CT molecular complexity index is 362. The predicted octanol–water partition coefficient (Wildman–Crippen LogP) is -0.323. The highest BCUT2D eigenvalue weighted by atomic mass is 16.4. The van der Waals surface area contributed by atoms with E-state index in [9.17, 15) is 9.59 Å². The van der Waals surface area contributed by atoms with Crippen LogP contribution in [0.4, 0.5) is 0 Å². The summed E-state index contributed by atoms with van der Waals surface area (Å²) in [5, 5.41) is 20.4. The molecule has 6 nitrogen and oxygen atoms in total. The highest BCUT2D eigenvalue weighted by Gasteiger charge is 2.36. The third kappa shape index (κ3) is 2.60. The van der Waals surface area contributed by atoms with Crippen LogP contribution in [0.15, 0.2) is 23.9 Å². The number of nitrogens with one attached hydrogen (secondary N) is 1. The van der Waals surface area contributed by atoms with Crippen molar-refractivity contribution in [1.29, 1.82) is 0 Å². The molecule has 5 N–H and O–H groups in total. The smallest absolute Gasteiger partial charge is 0.307 e. The maximum Gasteiger partial charge on any atom is 0.307 e. The summed E-state index contributed by atoms with van der Waals surface area (Å²) in [6.45, 7) is 0.0305. The second-order valence-corrected chi connectivity index (χ2v) is 3.62. The summed E-state index contributed by atoms with van der Waals surface area (Å²) in [5.41, 5.74) is 5.05. The Morgan fingerprint density at radius 1 is 1.38 bits per heavy atom. The molecule has 0 amide bonds. The van der Waals surface area contributed by atoms with Gasteiger partial charge in [-0.3, -0.25) is 9.59 Å². The fraction of sp³-hybridized carbons (Fsp3) is 0.400. The summed E-state index contributed by atoms with van der Waals surface area (Å²) in [6.07, 6.45) is 4.34. The van der Waals surface area contributed by atoms with Crippen LogP contribution in [0.1, 0.15) is 12.8 Å². The van der Waals surface area contributed by atoms with E-state index in [4.69, 9.17) is 15.9 Å². The van der Waals surface area contributed by atoms with Gasteiger partial charge in [0.15, 0.2) is 0 Å². The average Bonchev–Trinajstić information content (AvgIpc) is 2.19. The van der Waals surface area contributed by atoms with Crippen molar-refractivity contribution in [2.45, 2.75) is 18.4 Å². The third-order valence-corrected chi connectivity index (χ3v) is 2.51. The van der Waals surface area contributed by atoms with Crippen molar-refractivity contribution in [3.63, 3.8) is 0 Å². The monoisotopic (exact) mass is 226 g/mol. The molecule has 1 aliphatic rings. The van der Waals surface area contributed by atoms with Gasteiger partial charge in [-0.15, -0.1) is 0 Å². The molecule has 0 aromatic rings. The molecule has 1 heterocycles. The van der Waals surface area contributed by atoms with Gasteiger partial charge in [-0.1, -0.05) is 6.08 Å². The van der Waals surface area contributed by atoms with Crippen LogP contribution in [0.2, 0.25) is 0 Å². The van der Waals surface area contributed by atoms with Gasteiger partial charge in [0.1, 0.15) is 0 Å². The highest BCUT2D eigenvalue weighted by molar-refractivity contribution is 5.74. The lowest BCUT2D eigenvalue weighted by Crippen LogP contribution is -2.53. The Hall–Kier alpha value is -1.82. The molecule has 0 radical (unpaired) electrons. The summed E-state index contributed by atoms with van der Waals surface area (Å²) < 4.78 is 0. The lowest BCUT2D eigenvalue weighted by Gasteiger charge is -2.35. The maximum atomic E-state index is 10.8. The first-order valence-electron chi connectivity index (χ1n) is 4.78. The minimum atomic E-state index is -1.02. The van der Waals surface area contributed by atoms with Crippen LogP contribution in [0.25, 0.3) is 0 Å². The van der Waals surface area contributed by atoms with E-state index in [0.29, 0.717) is 5.57 Å². The molecule has 0 saturated heterocycles. The lowest BCUT2D eigenvalue weighted by molar-refractivity contribution is -0.139. The Morgan fingerprint density at radius 2 is 2.06 bits per heavy atom. The second-order valence-electron chi connectivity index (χ2n) is 3.62. The van der Waals surface area contributed by atoms with Crippen molar-refractivity contribution < 1.29 is 19.8 Å². The molecule has 0 saturated carbocycles. The molecule has 88 valence electrons. The zero-order chi connectivity index (χ0) is 12.2. The number of carboxylic acid groups (broad SMARTS) is 2. The fourth-order valence-corrected chi connectivity index (χ4v) is 1.70. The summed E-state index contributed by atoms with van der Waals surface area (Å²) in [5.74, 6) is -2.03. The van der Waals surface area contributed by atoms with Crippen molar-refractivity contribution in [3.8, 4) is 0 Å². The quantitative estimate of drug-likeness (QED) is 0.511. The van der Waals surface area contributed by atoms with Gasteiger partial charge < -0.3 is 21.3 Å². The van der Waals surface area contributed by atoms with E-state index in [1.165, 1.54) is 0 Å². The number of aliphatic carboxylic acids is 2. The zero-order valence-electron chi connectivity index (χ0n) is 8.64. The van der Waals surface area contributed by atoms with E-state index in [1.54, 1.807) is 18.4 Å². The van der Waals surface area contributed by atoms with E-state index < -0.39 is 17.5 Å². The third-order valence-electron chi connectivity index (χ3n) is 2.51. The Balaban J connectivity index is 2.97. The van der Waals surface area contributed by atoms with Crippen LogP contribution < -0.4 is 11.1 Å². The number of hydrogen-bond donors (Lipinski definition) is 4. The number of nitrogens with two attached hydrogens (primary N) is 1. The largest absolute Gasteiger partial charge is 0.481 e. The minimum Gasteiger partial charge on any atom is -0.481 e. The van der Waals surface area contributed by atoms with Crippen molar-refractivity contribution in [2.24, 2.45) is 5.73 Å². The van der Waals surface area contributed by atoms with Crippen LogP contribution in [-0.4, -0.2) is 34.2 Å². The lowest BCUT2D eigenvalue weighted by atomic mass is 9.82. The number of rotatable bonds is 5. The Morgan fingerprint density at radius 3 is 2.56 bits per heavy atom. The van der Waals surface area contributed by atoms with Crippen LogP contribution in [-0.2, 0) is 9.59 Å². The first kappa shape index (κ1) is 12.3. The summed E-state index contributed by atoms with van der Waals surface area (Å²) in [4.78, 5) is 21.4. The molecule has 0 aliphatic carbocycles. The normalized spacial score (nSPS) is 23.4. The van der Waals surface area contributed by atoms with Crippen LogP contribution in [0.3, 0.4) is 0 Å². The first-order valence-corrected chi connectivity index (χ1v) is 4.78. The van der Waals surface area contributed by atoms with E-state index in [2.05, 4.69) is 5.32 Å². The van der Waals surface area contributed by atoms with Crippen LogP contribution >= 0.6 is 0 Å². The number of carbonyl (C=O) groups is 2. The van der Waals surface area contributed by atoms with Crippen molar-refractivity contribution in [3.05, 3.63) is 23.9 Å². The standard InChI is InChI=1S/C10H14N2O4/c11-6-10(5-9(15)16)7(4-8(13)14)2-1-3-12-10/h1-3,12H,4-6,11H2,(H,13,14)(H,15,16). The van der Waals surface area contributed by atoms with Crippen molar-refractivity contribution in [1.82, 2.24) is 5.32 Å². The number of carboxylic acids is 2. The number of dihydropyridines is 1.